The van der Waals surface area contributed by atoms with Gasteiger partial charge in [-0.05, 0) is 0 Å². The van der Waals surface area contributed by atoms with Crippen molar-refractivity contribution in [1.29, 1.82) is 0 Å². The summed E-state index contributed by atoms with van der Waals surface area (Å²) in [7, 11) is 0. The van der Waals surface area contributed by atoms with Gasteiger partial charge in [0, 0.05) is 0 Å². The van der Waals surface area contributed by atoms with Crippen molar-refractivity contribution in [2.24, 2.45) is 0 Å². The third-order valence-corrected chi connectivity index (χ3v) is 2.25. The Kier molecular flexibility index (Phi) is 7.34. The molecule has 0 saturated heterocycles. The summed E-state index contributed by atoms with van der Waals surface area (Å²) in [6.07, 6.45) is 3.72. The average Bonchev–Trinajstić information content (AvgIpc) is 1.69. The van der Waals surface area contributed by atoms with E-state index in [4.69, 9.17) is 0 Å². The van der Waals surface area contributed by atoms with E-state index < -0.39 is 23.2 Å². The Morgan fingerprint density at radius 1 is 1.43 bits per heavy atom. The summed E-state index contributed by atoms with van der Waals surface area (Å²) in [6.45, 7) is 2.16. The van der Waals surface area contributed by atoms with Crippen molar-refractivity contribution in [3.05, 3.63) is 0 Å². The monoisotopic (exact) mass is 177 g/mol. The average molecular weight is 178 g/mol. The van der Waals surface area contributed by atoms with Crippen LogP contribution in [0.3, 0.4) is 0 Å². The summed E-state index contributed by atoms with van der Waals surface area (Å²) in [6, 6.07) is 0. The summed E-state index contributed by atoms with van der Waals surface area (Å²) in [5, 5.41) is 0. The summed E-state index contributed by atoms with van der Waals surface area (Å²) < 4.78 is 11.0. The predicted octanol–water partition coefficient (Wildman–Crippen LogP) is 2.02. The predicted molar refractivity (Wildman–Crippen MR) is 25.0 cm³/mol. The van der Waals surface area contributed by atoms with E-state index in [1.54, 1.807) is 0 Å². The van der Waals surface area contributed by atoms with Crippen LogP contribution >= 0.6 is 0 Å². The molecule has 0 spiro atoms. The molecule has 0 heterocycles. The van der Waals surface area contributed by atoms with Crippen molar-refractivity contribution in [3.8, 4) is 0 Å². The Labute approximate surface area is 56.5 Å². The Balaban J connectivity index is 2.56. The van der Waals surface area contributed by atoms with Crippen LogP contribution in [0.2, 0.25) is 4.13 Å². The molecule has 0 aliphatic heterocycles. The van der Waals surface area contributed by atoms with Gasteiger partial charge in [-0.2, -0.15) is 0 Å². The third kappa shape index (κ3) is 6.68. The third-order valence-electron chi connectivity index (χ3n) is 0.882. The fourth-order valence-electron chi connectivity index (χ4n) is 0.447. The van der Waals surface area contributed by atoms with E-state index in [1.165, 1.54) is 19.3 Å². The number of hydrogen-bond acceptors (Lipinski definition) is 1. The SMILES string of the molecule is CCCC[CH2][Zr]=[O]. The summed E-state index contributed by atoms with van der Waals surface area (Å²) in [5.74, 6) is 0. The molecule has 0 unspecified atom stereocenters. The van der Waals surface area contributed by atoms with Crippen LogP contribution < -0.4 is 0 Å². The minimum atomic E-state index is -1.07. The van der Waals surface area contributed by atoms with E-state index in [2.05, 4.69) is 6.92 Å². The van der Waals surface area contributed by atoms with E-state index in [0.29, 0.717) is 0 Å². The molecule has 0 aromatic rings. The van der Waals surface area contributed by atoms with Crippen LogP contribution in [0.5, 0.6) is 0 Å². The zero-order chi connectivity index (χ0) is 5.54. The molecule has 0 atom stereocenters. The van der Waals surface area contributed by atoms with Gasteiger partial charge in [-0.25, -0.2) is 0 Å². The first-order chi connectivity index (χ1) is 3.41. The van der Waals surface area contributed by atoms with Gasteiger partial charge in [-0.15, -0.1) is 0 Å². The molecular formula is C5H11OZr. The number of rotatable bonds is 4. The Hall–Kier alpha value is 0.683. The normalized spacial score (nSPS) is 8.14. The van der Waals surface area contributed by atoms with Gasteiger partial charge in [0.2, 0.25) is 0 Å². The summed E-state index contributed by atoms with van der Waals surface area (Å²) in [4.78, 5) is 0. The first-order valence-corrected chi connectivity index (χ1v) is 5.51. The molecule has 0 aliphatic rings. The van der Waals surface area contributed by atoms with Crippen LogP contribution in [-0.2, 0) is 26.1 Å². The van der Waals surface area contributed by atoms with E-state index in [-0.39, 0.29) is 0 Å². The fourth-order valence-corrected chi connectivity index (χ4v) is 1.42. The first kappa shape index (κ1) is 7.68. The standard InChI is InChI=1S/C5H11.O.Zr/c1-3-5-4-2;;/h1,3-5H2,2H3;;. The van der Waals surface area contributed by atoms with Gasteiger partial charge in [-0.1, -0.05) is 0 Å². The van der Waals surface area contributed by atoms with E-state index in [1.807, 2.05) is 0 Å². The zero-order valence-corrected chi connectivity index (χ0v) is 7.19. The van der Waals surface area contributed by atoms with Crippen LogP contribution in [0.15, 0.2) is 0 Å². The van der Waals surface area contributed by atoms with Crippen molar-refractivity contribution < 1.29 is 26.1 Å². The molecule has 0 N–H and O–H groups in total. The Bertz CT molecular complexity index is 45.3. The Morgan fingerprint density at radius 2 is 2.14 bits per heavy atom. The molecule has 0 fully saturated rings. The van der Waals surface area contributed by atoms with E-state index in [9.17, 15) is 2.81 Å². The topological polar surface area (TPSA) is 17.1 Å². The maximum atomic E-state index is 9.97. The van der Waals surface area contributed by atoms with E-state index >= 15 is 0 Å². The van der Waals surface area contributed by atoms with Crippen LogP contribution in [0, 0.1) is 0 Å². The summed E-state index contributed by atoms with van der Waals surface area (Å²) >= 11 is -1.07. The molecule has 41 valence electrons. The molecule has 7 heavy (non-hydrogen) atoms. The van der Waals surface area contributed by atoms with Gasteiger partial charge in [0.05, 0.1) is 0 Å². The van der Waals surface area contributed by atoms with Gasteiger partial charge in [0.25, 0.3) is 0 Å². The van der Waals surface area contributed by atoms with Gasteiger partial charge >= 0.3 is 56.4 Å². The minimum absolute atomic E-state index is 1.04. The molecule has 0 aliphatic carbocycles. The van der Waals surface area contributed by atoms with Crippen LogP contribution in [0.4, 0.5) is 0 Å². The van der Waals surface area contributed by atoms with Crippen molar-refractivity contribution in [2.45, 2.75) is 30.3 Å². The van der Waals surface area contributed by atoms with Crippen LogP contribution in [0.25, 0.3) is 0 Å². The van der Waals surface area contributed by atoms with Gasteiger partial charge in [0.15, 0.2) is 0 Å². The van der Waals surface area contributed by atoms with Gasteiger partial charge < -0.3 is 0 Å². The van der Waals surface area contributed by atoms with Crippen molar-refractivity contribution >= 4 is 0 Å². The quantitative estimate of drug-likeness (QED) is 0.602. The second-order valence-corrected chi connectivity index (χ2v) is 3.54. The molecule has 0 saturated carbocycles. The van der Waals surface area contributed by atoms with E-state index in [0.717, 1.165) is 4.13 Å². The summed E-state index contributed by atoms with van der Waals surface area (Å²) in [5.41, 5.74) is 0. The molecule has 1 nitrogen and oxygen atoms in total. The molecule has 0 amide bonds. The molecule has 0 bridgehead atoms. The van der Waals surface area contributed by atoms with Gasteiger partial charge in [-0.3, -0.25) is 0 Å². The maximum absolute atomic E-state index is 9.97. The number of hydrogen-bond donors (Lipinski definition) is 0. The molecule has 0 aromatic heterocycles. The second kappa shape index (κ2) is 6.68. The van der Waals surface area contributed by atoms with Crippen molar-refractivity contribution in [1.82, 2.24) is 0 Å². The zero-order valence-electron chi connectivity index (χ0n) is 4.74. The second-order valence-electron chi connectivity index (χ2n) is 1.60. The fraction of sp³-hybridized carbons (Fsp3) is 1.00. The molecule has 0 rings (SSSR count). The first-order valence-electron chi connectivity index (χ1n) is 2.76. The van der Waals surface area contributed by atoms with Gasteiger partial charge in [0.1, 0.15) is 0 Å². The van der Waals surface area contributed by atoms with Crippen LogP contribution in [-0.4, -0.2) is 0 Å². The van der Waals surface area contributed by atoms with Crippen molar-refractivity contribution in [2.75, 3.05) is 0 Å². The molecule has 0 aromatic carbocycles. The molecule has 0 radical (unpaired) electrons. The van der Waals surface area contributed by atoms with Crippen LogP contribution in [0.1, 0.15) is 26.2 Å². The number of unbranched alkanes of at least 4 members (excludes halogenated alkanes) is 2. The molecular weight excluding hydrogens is 167 g/mol. The molecule has 2 heteroatoms. The Morgan fingerprint density at radius 3 is 2.57 bits per heavy atom. The van der Waals surface area contributed by atoms with Crippen molar-refractivity contribution in [3.63, 3.8) is 0 Å².